The number of rotatable bonds is 1. The molecule has 1 heterocycles. The Kier molecular flexibility index (Phi) is 2.85. The minimum atomic E-state index is -4.22. The zero-order chi connectivity index (χ0) is 14.3. The number of hydrogen-bond acceptors (Lipinski definition) is 1. The fourth-order valence-corrected chi connectivity index (χ4v) is 2.46. The number of aromatic hydroxyl groups is 1. The SMILES string of the molecule is Oc1ccc(-c2[nH]cc3c2CC(C(F)(F)F)C=C3)cc1. The predicted octanol–water partition coefficient (Wildman–Crippen LogP) is 4.14. The third kappa shape index (κ3) is 2.19. The Balaban J connectivity index is 2.00. The van der Waals surface area contributed by atoms with E-state index < -0.39 is 12.1 Å². The molecule has 0 saturated carbocycles. The summed E-state index contributed by atoms with van der Waals surface area (Å²) in [5, 5.41) is 9.27. The molecule has 5 heteroatoms. The number of benzene rings is 1. The highest BCUT2D eigenvalue weighted by Gasteiger charge is 2.39. The lowest BCUT2D eigenvalue weighted by atomic mass is 9.89. The van der Waals surface area contributed by atoms with Crippen molar-refractivity contribution in [3.05, 3.63) is 47.7 Å². The molecule has 1 aromatic heterocycles. The summed E-state index contributed by atoms with van der Waals surface area (Å²) in [6, 6.07) is 6.40. The van der Waals surface area contributed by atoms with Crippen molar-refractivity contribution in [1.82, 2.24) is 4.98 Å². The average Bonchev–Trinajstić information content (AvgIpc) is 2.81. The van der Waals surface area contributed by atoms with E-state index in [-0.39, 0.29) is 12.2 Å². The van der Waals surface area contributed by atoms with Gasteiger partial charge in [0.05, 0.1) is 5.92 Å². The Morgan fingerprint density at radius 1 is 1.15 bits per heavy atom. The number of phenolic OH excluding ortho intramolecular Hbond substituents is 1. The van der Waals surface area contributed by atoms with E-state index in [9.17, 15) is 18.3 Å². The highest BCUT2D eigenvalue weighted by atomic mass is 19.4. The van der Waals surface area contributed by atoms with Gasteiger partial charge in [-0.05, 0) is 47.4 Å². The number of alkyl halides is 3. The van der Waals surface area contributed by atoms with Crippen molar-refractivity contribution in [2.24, 2.45) is 5.92 Å². The molecule has 1 unspecified atom stereocenters. The molecule has 20 heavy (non-hydrogen) atoms. The fraction of sp³-hybridized carbons (Fsp3) is 0.200. The molecule has 0 radical (unpaired) electrons. The molecule has 1 atom stereocenters. The number of aromatic nitrogens is 1. The van der Waals surface area contributed by atoms with Crippen molar-refractivity contribution >= 4 is 6.08 Å². The van der Waals surface area contributed by atoms with Crippen LogP contribution in [0.5, 0.6) is 5.75 Å². The highest BCUT2D eigenvalue weighted by molar-refractivity contribution is 5.72. The number of aromatic amines is 1. The van der Waals surface area contributed by atoms with E-state index in [4.69, 9.17) is 0 Å². The van der Waals surface area contributed by atoms with Crippen LogP contribution in [0.15, 0.2) is 36.5 Å². The molecule has 3 rings (SSSR count). The second-order valence-electron chi connectivity index (χ2n) is 4.86. The molecule has 0 fully saturated rings. The number of halogens is 3. The lowest BCUT2D eigenvalue weighted by Gasteiger charge is -2.21. The summed E-state index contributed by atoms with van der Waals surface area (Å²) in [4.78, 5) is 3.02. The maximum Gasteiger partial charge on any atom is 0.395 e. The molecular formula is C15H12F3NO. The van der Waals surface area contributed by atoms with Crippen LogP contribution in [0, 0.1) is 5.92 Å². The summed E-state index contributed by atoms with van der Waals surface area (Å²) >= 11 is 0. The molecule has 0 spiro atoms. The van der Waals surface area contributed by atoms with E-state index in [1.54, 1.807) is 18.3 Å². The Labute approximate surface area is 113 Å². The third-order valence-corrected chi connectivity index (χ3v) is 3.53. The van der Waals surface area contributed by atoms with Gasteiger partial charge in [-0.2, -0.15) is 13.2 Å². The first kappa shape index (κ1) is 12.8. The lowest BCUT2D eigenvalue weighted by molar-refractivity contribution is -0.160. The van der Waals surface area contributed by atoms with Gasteiger partial charge in [0.1, 0.15) is 5.75 Å². The van der Waals surface area contributed by atoms with Crippen molar-refractivity contribution < 1.29 is 18.3 Å². The summed E-state index contributed by atoms with van der Waals surface area (Å²) in [5.74, 6) is -1.32. The number of nitrogens with one attached hydrogen (secondary N) is 1. The maximum absolute atomic E-state index is 12.8. The van der Waals surface area contributed by atoms with Gasteiger partial charge in [0.25, 0.3) is 0 Å². The molecule has 2 nitrogen and oxygen atoms in total. The Morgan fingerprint density at radius 2 is 1.85 bits per heavy atom. The Bertz CT molecular complexity index is 653. The van der Waals surface area contributed by atoms with Crippen molar-refractivity contribution in [3.8, 4) is 17.0 Å². The molecule has 0 saturated heterocycles. The van der Waals surface area contributed by atoms with Crippen LogP contribution in [-0.2, 0) is 6.42 Å². The lowest BCUT2D eigenvalue weighted by Crippen LogP contribution is -2.24. The van der Waals surface area contributed by atoms with Crippen molar-refractivity contribution in [2.45, 2.75) is 12.6 Å². The predicted molar refractivity (Wildman–Crippen MR) is 70.2 cm³/mol. The van der Waals surface area contributed by atoms with Crippen molar-refractivity contribution in [2.75, 3.05) is 0 Å². The molecule has 0 amide bonds. The maximum atomic E-state index is 12.8. The minimum absolute atomic E-state index is 0.0605. The van der Waals surface area contributed by atoms with Gasteiger partial charge in [-0.25, -0.2) is 0 Å². The molecule has 0 aliphatic heterocycles. The van der Waals surface area contributed by atoms with Crippen LogP contribution in [0.3, 0.4) is 0 Å². The van der Waals surface area contributed by atoms with E-state index in [0.717, 1.165) is 11.1 Å². The van der Waals surface area contributed by atoms with Crippen LogP contribution >= 0.6 is 0 Å². The third-order valence-electron chi connectivity index (χ3n) is 3.53. The largest absolute Gasteiger partial charge is 0.508 e. The van der Waals surface area contributed by atoms with Crippen LogP contribution in [0.4, 0.5) is 13.2 Å². The molecule has 1 aromatic carbocycles. The summed E-state index contributed by atoms with van der Waals surface area (Å²) in [6.07, 6.45) is 0.140. The zero-order valence-corrected chi connectivity index (χ0v) is 10.4. The van der Waals surface area contributed by atoms with Gasteiger partial charge < -0.3 is 10.1 Å². The normalized spacial score (nSPS) is 18.1. The molecular weight excluding hydrogens is 267 g/mol. The summed E-state index contributed by atoms with van der Waals surface area (Å²) in [5.41, 5.74) is 2.90. The molecule has 2 aromatic rings. The monoisotopic (exact) mass is 279 g/mol. The average molecular weight is 279 g/mol. The number of hydrogen-bond donors (Lipinski definition) is 2. The van der Waals surface area contributed by atoms with Gasteiger partial charge in [0, 0.05) is 11.9 Å². The summed E-state index contributed by atoms with van der Waals surface area (Å²) in [7, 11) is 0. The van der Waals surface area contributed by atoms with Gasteiger partial charge in [-0.3, -0.25) is 0 Å². The second-order valence-corrected chi connectivity index (χ2v) is 4.86. The van der Waals surface area contributed by atoms with Gasteiger partial charge in [0.15, 0.2) is 0 Å². The fourth-order valence-electron chi connectivity index (χ4n) is 2.46. The summed E-state index contributed by atoms with van der Waals surface area (Å²) in [6.45, 7) is 0. The molecule has 1 aliphatic carbocycles. The van der Waals surface area contributed by atoms with E-state index >= 15 is 0 Å². The smallest absolute Gasteiger partial charge is 0.395 e. The van der Waals surface area contributed by atoms with E-state index in [1.165, 1.54) is 24.3 Å². The quantitative estimate of drug-likeness (QED) is 0.808. The van der Waals surface area contributed by atoms with Crippen molar-refractivity contribution in [1.29, 1.82) is 0 Å². The number of fused-ring (bicyclic) bond motifs is 1. The number of phenols is 1. The Hall–Kier alpha value is -2.17. The molecule has 2 N–H and O–H groups in total. The second kappa shape index (κ2) is 4.44. The first-order valence-corrected chi connectivity index (χ1v) is 6.20. The van der Waals surface area contributed by atoms with E-state index in [1.807, 2.05) is 0 Å². The zero-order valence-electron chi connectivity index (χ0n) is 10.4. The molecule has 0 bridgehead atoms. The van der Waals surface area contributed by atoms with Gasteiger partial charge >= 0.3 is 6.18 Å². The minimum Gasteiger partial charge on any atom is -0.508 e. The topological polar surface area (TPSA) is 36.0 Å². The molecule has 1 aliphatic rings. The van der Waals surface area contributed by atoms with Crippen molar-refractivity contribution in [3.63, 3.8) is 0 Å². The van der Waals surface area contributed by atoms with Gasteiger partial charge in [0.2, 0.25) is 0 Å². The van der Waals surface area contributed by atoms with Crippen LogP contribution in [0.1, 0.15) is 11.1 Å². The van der Waals surface area contributed by atoms with E-state index in [0.29, 0.717) is 11.3 Å². The van der Waals surface area contributed by atoms with Crippen LogP contribution in [0.25, 0.3) is 17.3 Å². The van der Waals surface area contributed by atoms with Crippen LogP contribution < -0.4 is 0 Å². The first-order valence-electron chi connectivity index (χ1n) is 6.20. The first-order chi connectivity index (χ1) is 9.45. The number of allylic oxidation sites excluding steroid dienone is 1. The van der Waals surface area contributed by atoms with Crippen LogP contribution in [-0.4, -0.2) is 16.3 Å². The van der Waals surface area contributed by atoms with Gasteiger partial charge in [-0.1, -0.05) is 12.2 Å². The van der Waals surface area contributed by atoms with E-state index in [2.05, 4.69) is 4.98 Å². The Morgan fingerprint density at radius 3 is 2.50 bits per heavy atom. The number of H-pyrrole nitrogens is 1. The standard InChI is InChI=1S/C15H12F3NO/c16-15(17,18)11-4-1-10-8-19-14(13(10)7-11)9-2-5-12(20)6-3-9/h1-6,8,11,19-20H,7H2. The summed E-state index contributed by atoms with van der Waals surface area (Å²) < 4.78 is 38.5. The van der Waals surface area contributed by atoms with Gasteiger partial charge in [-0.15, -0.1) is 0 Å². The highest BCUT2D eigenvalue weighted by Crippen LogP contribution is 2.38. The molecule has 104 valence electrons. The van der Waals surface area contributed by atoms with Crippen LogP contribution in [0.2, 0.25) is 0 Å².